The summed E-state index contributed by atoms with van der Waals surface area (Å²) in [5, 5.41) is 3.82. The Kier molecular flexibility index (Phi) is 8.86. The highest BCUT2D eigenvalue weighted by Crippen LogP contribution is 2.50. The van der Waals surface area contributed by atoms with Crippen LogP contribution < -0.4 is 10.9 Å². The number of aromatic nitrogens is 3. The van der Waals surface area contributed by atoms with E-state index in [2.05, 4.69) is 20.2 Å². The SMILES string of the molecule is C[C@H]1Nc2ncnc3c2cc(C2CCS(=O)(=O)CC2)c(=O)n3CCCCCCCN2C3CCC2CC(C3)C(F)(F)c2cccc1c2F. The predicted molar refractivity (Wildman–Crippen MR) is 176 cm³/mol. The normalized spacial score (nSPS) is 29.7. The van der Waals surface area contributed by atoms with Gasteiger partial charge in [0.25, 0.3) is 11.5 Å². The Morgan fingerprint density at radius 3 is 2.32 bits per heavy atom. The van der Waals surface area contributed by atoms with Crippen LogP contribution in [-0.2, 0) is 22.3 Å². The fraction of sp³-hybridized carbons (Fsp3) is 0.629. The maximum absolute atomic E-state index is 16.2. The molecule has 47 heavy (non-hydrogen) atoms. The zero-order valence-electron chi connectivity index (χ0n) is 26.9. The molecule has 10 bridgehead atoms. The van der Waals surface area contributed by atoms with Crippen LogP contribution in [0.3, 0.4) is 0 Å². The second-order valence-electron chi connectivity index (χ2n) is 14.2. The van der Waals surface area contributed by atoms with Crippen molar-refractivity contribution in [3.63, 3.8) is 0 Å². The van der Waals surface area contributed by atoms with E-state index in [0.717, 1.165) is 51.5 Å². The number of anilines is 1. The number of aryl methyl sites for hydroxylation is 1. The number of sulfone groups is 1. The number of nitrogens with zero attached hydrogens (tertiary/aromatic N) is 4. The Balaban J connectivity index is 1.28. The molecule has 8 rings (SSSR count). The average Bonchev–Trinajstić information content (AvgIpc) is 3.26. The molecule has 1 N–H and O–H groups in total. The average molecular weight is 672 g/mol. The highest BCUT2D eigenvalue weighted by molar-refractivity contribution is 7.91. The minimum Gasteiger partial charge on any atom is -0.363 e. The maximum atomic E-state index is 16.2. The van der Waals surface area contributed by atoms with E-state index in [0.29, 0.717) is 54.6 Å². The largest absolute Gasteiger partial charge is 0.363 e. The van der Waals surface area contributed by atoms with Crippen molar-refractivity contribution in [2.24, 2.45) is 5.92 Å². The van der Waals surface area contributed by atoms with Crippen LogP contribution in [0.25, 0.3) is 11.0 Å². The number of nitrogens with one attached hydrogen (secondary N) is 1. The molecule has 0 saturated carbocycles. The Bertz CT molecular complexity index is 1790. The van der Waals surface area contributed by atoms with E-state index in [-0.39, 0.29) is 40.6 Å². The van der Waals surface area contributed by atoms with Gasteiger partial charge in [-0.15, -0.1) is 0 Å². The molecule has 0 aliphatic carbocycles. The summed E-state index contributed by atoms with van der Waals surface area (Å²) in [6, 6.07) is 5.51. The molecule has 2 aromatic heterocycles. The topological polar surface area (TPSA) is 97.2 Å². The van der Waals surface area contributed by atoms with Gasteiger partial charge in [0, 0.05) is 35.7 Å². The second kappa shape index (κ2) is 12.8. The Morgan fingerprint density at radius 1 is 0.915 bits per heavy atom. The van der Waals surface area contributed by atoms with Gasteiger partial charge in [0.05, 0.1) is 28.5 Å². The summed E-state index contributed by atoms with van der Waals surface area (Å²) in [6.45, 7) is 3.07. The number of rotatable bonds is 1. The monoisotopic (exact) mass is 671 g/mol. The fourth-order valence-corrected chi connectivity index (χ4v) is 10.2. The lowest BCUT2D eigenvalue weighted by atomic mass is 9.82. The van der Waals surface area contributed by atoms with Gasteiger partial charge >= 0.3 is 0 Å². The minimum atomic E-state index is -3.30. The van der Waals surface area contributed by atoms with Crippen LogP contribution in [0, 0.1) is 11.7 Å². The van der Waals surface area contributed by atoms with Gasteiger partial charge in [-0.1, -0.05) is 37.5 Å². The highest BCUT2D eigenvalue weighted by Gasteiger charge is 2.51. The minimum absolute atomic E-state index is 0.0304. The van der Waals surface area contributed by atoms with Crippen LogP contribution in [0.15, 0.2) is 35.4 Å². The van der Waals surface area contributed by atoms with Crippen LogP contribution in [0.2, 0.25) is 0 Å². The van der Waals surface area contributed by atoms with Gasteiger partial charge in [-0.05, 0) is 76.8 Å². The zero-order chi connectivity index (χ0) is 32.9. The summed E-state index contributed by atoms with van der Waals surface area (Å²) in [6.07, 6.45) is 9.40. The first-order valence-electron chi connectivity index (χ1n) is 17.3. The smallest absolute Gasteiger partial charge is 0.278 e. The zero-order valence-corrected chi connectivity index (χ0v) is 27.8. The van der Waals surface area contributed by atoms with E-state index < -0.39 is 39.1 Å². The summed E-state index contributed by atoms with van der Waals surface area (Å²) >= 11 is 0. The van der Waals surface area contributed by atoms with Crippen molar-refractivity contribution < 1.29 is 21.6 Å². The molecule has 3 atom stereocenters. The van der Waals surface area contributed by atoms with Crippen molar-refractivity contribution in [2.45, 2.75) is 114 Å². The molecule has 8 nitrogen and oxygen atoms in total. The molecule has 254 valence electrons. The quantitative estimate of drug-likeness (QED) is 0.308. The summed E-state index contributed by atoms with van der Waals surface area (Å²) in [4.78, 5) is 25.4. The van der Waals surface area contributed by atoms with E-state index in [4.69, 9.17) is 0 Å². The first-order chi connectivity index (χ1) is 22.5. The second-order valence-corrected chi connectivity index (χ2v) is 16.5. The van der Waals surface area contributed by atoms with E-state index in [1.165, 1.54) is 24.5 Å². The number of alkyl halides is 2. The van der Waals surface area contributed by atoms with Crippen LogP contribution in [0.1, 0.15) is 106 Å². The van der Waals surface area contributed by atoms with E-state index >= 15 is 13.2 Å². The van der Waals surface area contributed by atoms with Crippen LogP contribution in [-0.4, -0.2) is 58.0 Å². The molecule has 0 radical (unpaired) electrons. The summed E-state index contributed by atoms with van der Waals surface area (Å²) in [7, 11) is -3.13. The molecular weight excluding hydrogens is 627 g/mol. The number of piperidine rings is 1. The van der Waals surface area contributed by atoms with Crippen molar-refractivity contribution in [2.75, 3.05) is 23.4 Å². The van der Waals surface area contributed by atoms with E-state index in [9.17, 15) is 13.2 Å². The van der Waals surface area contributed by atoms with Gasteiger partial charge in [-0.25, -0.2) is 31.6 Å². The lowest BCUT2D eigenvalue weighted by Gasteiger charge is -2.42. The molecule has 0 spiro atoms. The van der Waals surface area contributed by atoms with E-state index in [1.54, 1.807) is 17.6 Å². The van der Waals surface area contributed by atoms with Gasteiger partial charge in [0.15, 0.2) is 0 Å². The molecule has 3 saturated heterocycles. The Hall–Kier alpha value is -2.99. The van der Waals surface area contributed by atoms with Crippen LogP contribution in [0.5, 0.6) is 0 Å². The molecule has 12 heteroatoms. The van der Waals surface area contributed by atoms with Gasteiger partial charge in [0.2, 0.25) is 0 Å². The summed E-state index contributed by atoms with van der Waals surface area (Å²) in [5.74, 6) is -4.91. The first kappa shape index (κ1) is 32.6. The van der Waals surface area contributed by atoms with Crippen molar-refractivity contribution in [1.29, 1.82) is 0 Å². The maximum Gasteiger partial charge on any atom is 0.278 e. The summed E-state index contributed by atoms with van der Waals surface area (Å²) < 4.78 is 74.7. The van der Waals surface area contributed by atoms with Crippen LogP contribution >= 0.6 is 0 Å². The van der Waals surface area contributed by atoms with E-state index in [1.807, 2.05) is 0 Å². The standard InChI is InChI=1S/C35H44F3N5O3S/c1-22-27-8-7-9-30(31(27)36)35(37,38)24-18-25-10-11-26(19-24)42(25)14-5-3-2-4-6-15-43-33-29(32(41-22)39-21-40-33)20-28(34(43)44)23-12-16-47(45,46)17-13-23/h7-9,20-26H,2-6,10-19H2,1H3,(H,39,40,41)/t22-,24?,25?,26?/m1/s1. The molecule has 0 amide bonds. The third-order valence-electron chi connectivity index (χ3n) is 11.3. The lowest BCUT2D eigenvalue weighted by Crippen LogP contribution is -2.47. The summed E-state index contributed by atoms with van der Waals surface area (Å²) in [5.41, 5.74) is 0.370. The molecule has 5 aliphatic rings. The Morgan fingerprint density at radius 2 is 1.60 bits per heavy atom. The number of halogens is 3. The third kappa shape index (κ3) is 6.20. The fourth-order valence-electron chi connectivity index (χ4n) is 8.69. The van der Waals surface area contributed by atoms with Crippen molar-refractivity contribution in [3.8, 4) is 0 Å². The van der Waals surface area contributed by atoms with Crippen molar-refractivity contribution in [1.82, 2.24) is 19.4 Å². The molecular formula is C35H44F3N5O3S. The lowest BCUT2D eigenvalue weighted by molar-refractivity contribution is -0.100. The molecule has 7 heterocycles. The predicted octanol–water partition coefficient (Wildman–Crippen LogP) is 6.69. The van der Waals surface area contributed by atoms with Gasteiger partial charge in [-0.2, -0.15) is 0 Å². The number of pyridine rings is 1. The number of fused-ring (bicyclic) bond motifs is 7. The Labute approximate surface area is 274 Å². The molecule has 5 aliphatic heterocycles. The molecule has 2 unspecified atom stereocenters. The van der Waals surface area contributed by atoms with Crippen molar-refractivity contribution >= 4 is 26.7 Å². The van der Waals surface area contributed by atoms with Gasteiger partial charge in [0.1, 0.15) is 33.4 Å². The molecule has 3 aromatic rings. The number of hydrogen-bond donors (Lipinski definition) is 1. The first-order valence-corrected chi connectivity index (χ1v) is 19.1. The van der Waals surface area contributed by atoms with Gasteiger partial charge < -0.3 is 5.32 Å². The van der Waals surface area contributed by atoms with Crippen molar-refractivity contribution in [3.05, 3.63) is 63.5 Å². The third-order valence-corrected chi connectivity index (χ3v) is 13.0. The van der Waals surface area contributed by atoms with Crippen LogP contribution in [0.4, 0.5) is 19.0 Å². The van der Waals surface area contributed by atoms with Gasteiger partial charge in [-0.3, -0.25) is 14.3 Å². The highest BCUT2D eigenvalue weighted by atomic mass is 32.2. The number of benzene rings is 1. The molecule has 3 fully saturated rings. The number of hydrogen-bond acceptors (Lipinski definition) is 7. The molecule has 1 aromatic carbocycles.